The summed E-state index contributed by atoms with van der Waals surface area (Å²) in [6.07, 6.45) is 1.60. The van der Waals surface area contributed by atoms with E-state index in [4.69, 9.17) is 11.6 Å². The fraction of sp³-hybridized carbons (Fsp3) is 0.143. The minimum atomic E-state index is -0.265. The number of halogens is 1. The van der Waals surface area contributed by atoms with Crippen LogP contribution in [0.15, 0.2) is 60.8 Å². The first-order valence-corrected chi connectivity index (χ1v) is 8.88. The number of carbonyl (C=O) groups is 1. The summed E-state index contributed by atoms with van der Waals surface area (Å²) < 4.78 is 0. The molecule has 0 atom stereocenters. The lowest BCUT2D eigenvalue weighted by Crippen LogP contribution is -2.14. The Kier molecular flexibility index (Phi) is 5.62. The summed E-state index contributed by atoms with van der Waals surface area (Å²) in [4.78, 5) is 18.7. The maximum atomic E-state index is 12.5. The molecular formula is C21H21ClN4O. The largest absolute Gasteiger partial charge is 0.378 e. The lowest BCUT2D eigenvalue weighted by Gasteiger charge is -2.13. The van der Waals surface area contributed by atoms with Crippen molar-refractivity contribution in [2.24, 2.45) is 0 Å². The van der Waals surface area contributed by atoms with E-state index in [0.29, 0.717) is 10.7 Å². The lowest BCUT2D eigenvalue weighted by molar-refractivity contribution is 0.102. The Hall–Kier alpha value is -3.05. The van der Waals surface area contributed by atoms with E-state index in [2.05, 4.69) is 15.6 Å². The van der Waals surface area contributed by atoms with E-state index in [1.165, 1.54) is 0 Å². The van der Waals surface area contributed by atoms with Crippen LogP contribution in [0.4, 0.5) is 22.7 Å². The van der Waals surface area contributed by atoms with Crippen LogP contribution in [0.3, 0.4) is 0 Å². The number of nitrogens with zero attached hydrogens (tertiary/aromatic N) is 2. The molecule has 138 valence electrons. The fourth-order valence-electron chi connectivity index (χ4n) is 2.55. The Balaban J connectivity index is 1.74. The third kappa shape index (κ3) is 4.77. The molecule has 0 unspecified atom stereocenters. The molecule has 0 saturated heterocycles. The van der Waals surface area contributed by atoms with Gasteiger partial charge >= 0.3 is 0 Å². The zero-order chi connectivity index (χ0) is 19.4. The number of nitrogens with one attached hydrogen (secondary N) is 2. The number of carbonyl (C=O) groups excluding carboxylic acids is 1. The van der Waals surface area contributed by atoms with Crippen molar-refractivity contribution in [1.29, 1.82) is 0 Å². The predicted octanol–water partition coefficient (Wildman–Crippen LogP) is 5.11. The van der Waals surface area contributed by atoms with E-state index < -0.39 is 0 Å². The third-order valence-electron chi connectivity index (χ3n) is 4.11. The molecule has 0 bridgehead atoms. The minimum absolute atomic E-state index is 0.265. The van der Waals surface area contributed by atoms with Gasteiger partial charge in [0.1, 0.15) is 5.69 Å². The molecule has 0 fully saturated rings. The normalized spacial score (nSPS) is 10.4. The predicted molar refractivity (Wildman–Crippen MR) is 112 cm³/mol. The van der Waals surface area contributed by atoms with E-state index in [1.807, 2.05) is 74.4 Å². The molecule has 2 aromatic carbocycles. The van der Waals surface area contributed by atoms with Crippen LogP contribution in [0.1, 0.15) is 16.1 Å². The summed E-state index contributed by atoms with van der Waals surface area (Å²) in [7, 11) is 3.94. The van der Waals surface area contributed by atoms with Gasteiger partial charge in [-0.2, -0.15) is 0 Å². The van der Waals surface area contributed by atoms with Crippen molar-refractivity contribution in [3.05, 3.63) is 77.1 Å². The summed E-state index contributed by atoms with van der Waals surface area (Å²) in [6, 6.07) is 16.8. The van der Waals surface area contributed by atoms with Gasteiger partial charge in [-0.1, -0.05) is 17.7 Å². The van der Waals surface area contributed by atoms with Gasteiger partial charge in [-0.15, -0.1) is 0 Å². The van der Waals surface area contributed by atoms with Crippen molar-refractivity contribution in [2.75, 3.05) is 29.6 Å². The van der Waals surface area contributed by atoms with Crippen LogP contribution >= 0.6 is 11.6 Å². The molecule has 0 aliphatic carbocycles. The molecule has 0 aliphatic heterocycles. The number of pyridine rings is 1. The SMILES string of the molecule is Cc1ccc(Cl)cc1Nc1ccnc(C(=O)Nc2ccc(N(C)C)cc2)c1. The Morgan fingerprint density at radius 1 is 1.00 bits per heavy atom. The summed E-state index contributed by atoms with van der Waals surface area (Å²) in [5, 5.41) is 6.80. The highest BCUT2D eigenvalue weighted by Gasteiger charge is 2.10. The van der Waals surface area contributed by atoms with Crippen LogP contribution in [0.5, 0.6) is 0 Å². The summed E-state index contributed by atoms with van der Waals surface area (Å²) >= 11 is 6.07. The van der Waals surface area contributed by atoms with Gasteiger partial charge in [0.15, 0.2) is 0 Å². The second-order valence-corrected chi connectivity index (χ2v) is 6.85. The number of hydrogen-bond acceptors (Lipinski definition) is 4. The smallest absolute Gasteiger partial charge is 0.274 e. The van der Waals surface area contributed by atoms with E-state index >= 15 is 0 Å². The molecule has 1 aromatic heterocycles. The number of amides is 1. The second kappa shape index (κ2) is 8.10. The van der Waals surface area contributed by atoms with Gasteiger partial charge in [0, 0.05) is 48.1 Å². The molecule has 5 nitrogen and oxygen atoms in total. The molecule has 3 aromatic rings. The Morgan fingerprint density at radius 3 is 2.44 bits per heavy atom. The van der Waals surface area contributed by atoms with E-state index in [0.717, 1.165) is 28.3 Å². The highest BCUT2D eigenvalue weighted by Crippen LogP contribution is 2.24. The van der Waals surface area contributed by atoms with Crippen molar-refractivity contribution in [3.8, 4) is 0 Å². The minimum Gasteiger partial charge on any atom is -0.378 e. The highest BCUT2D eigenvalue weighted by molar-refractivity contribution is 6.30. The number of aryl methyl sites for hydroxylation is 1. The molecule has 0 saturated carbocycles. The molecule has 1 amide bonds. The van der Waals surface area contributed by atoms with E-state index in [-0.39, 0.29) is 5.91 Å². The summed E-state index contributed by atoms with van der Waals surface area (Å²) in [6.45, 7) is 1.99. The molecule has 6 heteroatoms. The Labute approximate surface area is 164 Å². The Morgan fingerprint density at radius 2 is 1.74 bits per heavy atom. The molecule has 0 radical (unpaired) electrons. The number of rotatable bonds is 5. The lowest BCUT2D eigenvalue weighted by atomic mass is 10.2. The second-order valence-electron chi connectivity index (χ2n) is 6.41. The number of hydrogen-bond donors (Lipinski definition) is 2. The first-order valence-electron chi connectivity index (χ1n) is 8.50. The van der Waals surface area contributed by atoms with Gasteiger partial charge in [-0.05, 0) is 61.0 Å². The van der Waals surface area contributed by atoms with Crippen molar-refractivity contribution < 1.29 is 4.79 Å². The monoisotopic (exact) mass is 380 g/mol. The summed E-state index contributed by atoms with van der Waals surface area (Å²) in [5.41, 5.74) is 4.83. The average molecular weight is 381 g/mol. The van der Waals surface area contributed by atoms with Crippen LogP contribution in [-0.4, -0.2) is 25.0 Å². The molecule has 27 heavy (non-hydrogen) atoms. The van der Waals surface area contributed by atoms with Crippen LogP contribution in [0.2, 0.25) is 5.02 Å². The standard InChI is InChI=1S/C21H21ClN4O/c1-14-4-5-15(22)12-19(14)24-17-10-11-23-20(13-17)21(27)25-16-6-8-18(9-7-16)26(2)3/h4-13H,1-3H3,(H,23,24)(H,25,27). The van der Waals surface area contributed by atoms with Crippen molar-refractivity contribution >= 4 is 40.3 Å². The molecule has 0 aliphatic rings. The molecule has 3 rings (SSSR count). The molecule has 1 heterocycles. The number of aromatic nitrogens is 1. The highest BCUT2D eigenvalue weighted by atomic mass is 35.5. The molecular weight excluding hydrogens is 360 g/mol. The third-order valence-corrected chi connectivity index (χ3v) is 4.35. The van der Waals surface area contributed by atoms with Crippen LogP contribution in [0.25, 0.3) is 0 Å². The molecule has 2 N–H and O–H groups in total. The maximum absolute atomic E-state index is 12.5. The van der Waals surface area contributed by atoms with Crippen molar-refractivity contribution in [2.45, 2.75) is 6.92 Å². The van der Waals surface area contributed by atoms with Gasteiger partial charge in [0.2, 0.25) is 0 Å². The van der Waals surface area contributed by atoms with Gasteiger partial charge in [-0.3, -0.25) is 9.78 Å². The van der Waals surface area contributed by atoms with Gasteiger partial charge < -0.3 is 15.5 Å². The fourth-order valence-corrected chi connectivity index (χ4v) is 2.73. The van der Waals surface area contributed by atoms with Gasteiger partial charge in [-0.25, -0.2) is 0 Å². The van der Waals surface area contributed by atoms with Crippen molar-refractivity contribution in [3.63, 3.8) is 0 Å². The van der Waals surface area contributed by atoms with E-state index in [9.17, 15) is 4.79 Å². The Bertz CT molecular complexity index is 955. The van der Waals surface area contributed by atoms with E-state index in [1.54, 1.807) is 12.3 Å². The van der Waals surface area contributed by atoms with Crippen LogP contribution < -0.4 is 15.5 Å². The topological polar surface area (TPSA) is 57.3 Å². The summed E-state index contributed by atoms with van der Waals surface area (Å²) in [5.74, 6) is -0.265. The van der Waals surface area contributed by atoms with Crippen molar-refractivity contribution in [1.82, 2.24) is 4.98 Å². The van der Waals surface area contributed by atoms with Crippen LogP contribution in [-0.2, 0) is 0 Å². The van der Waals surface area contributed by atoms with Crippen LogP contribution in [0, 0.1) is 6.92 Å². The first kappa shape index (κ1) is 18.7. The average Bonchev–Trinajstić information content (AvgIpc) is 2.65. The first-order chi connectivity index (χ1) is 12.9. The molecule has 0 spiro atoms. The maximum Gasteiger partial charge on any atom is 0.274 e. The number of anilines is 4. The zero-order valence-electron chi connectivity index (χ0n) is 15.5. The zero-order valence-corrected chi connectivity index (χ0v) is 16.2. The number of benzene rings is 2. The van der Waals surface area contributed by atoms with Gasteiger partial charge in [0.05, 0.1) is 0 Å². The quantitative estimate of drug-likeness (QED) is 0.646. The van der Waals surface area contributed by atoms with Gasteiger partial charge in [0.25, 0.3) is 5.91 Å².